The van der Waals surface area contributed by atoms with Crippen molar-refractivity contribution in [3.05, 3.63) is 103 Å². The zero-order valence-electron chi connectivity index (χ0n) is 15.5. The van der Waals surface area contributed by atoms with E-state index in [4.69, 9.17) is 27.9 Å². The van der Waals surface area contributed by atoms with Gasteiger partial charge in [-0.2, -0.15) is 0 Å². The molecule has 5 aromatic rings. The molecule has 2 heterocycles. The number of fused-ring (bicyclic) bond motifs is 3. The fraction of sp³-hybridized carbons (Fsp3) is 0.0435. The van der Waals surface area contributed by atoms with Crippen molar-refractivity contribution in [1.82, 2.24) is 9.38 Å². The fourth-order valence-corrected chi connectivity index (χ4v) is 4.53. The van der Waals surface area contributed by atoms with Gasteiger partial charge in [0.15, 0.2) is 4.96 Å². The molecule has 0 saturated heterocycles. The Morgan fingerprint density at radius 1 is 1.00 bits per heavy atom. The molecule has 3 aromatic carbocycles. The Morgan fingerprint density at radius 2 is 1.80 bits per heavy atom. The molecule has 0 radical (unpaired) electrons. The first-order chi connectivity index (χ1) is 14.6. The van der Waals surface area contributed by atoms with E-state index < -0.39 is 0 Å². The highest BCUT2D eigenvalue weighted by atomic mass is 35.5. The number of rotatable bonds is 4. The summed E-state index contributed by atoms with van der Waals surface area (Å²) < 4.78 is 8.12. The molecule has 5 rings (SSSR count). The summed E-state index contributed by atoms with van der Waals surface area (Å²) in [5.41, 5.74) is 3.46. The topological polar surface area (TPSA) is 43.6 Å². The molecule has 7 heteroatoms. The van der Waals surface area contributed by atoms with Gasteiger partial charge in [0.25, 0.3) is 5.56 Å². The number of nitrogens with zero attached hydrogens (tertiary/aromatic N) is 2. The lowest BCUT2D eigenvalue weighted by Gasteiger charge is -2.07. The minimum absolute atomic E-state index is 0.0522. The van der Waals surface area contributed by atoms with Gasteiger partial charge in [-0.25, -0.2) is 9.38 Å². The van der Waals surface area contributed by atoms with Gasteiger partial charge >= 0.3 is 0 Å². The van der Waals surface area contributed by atoms with Crippen LogP contribution in [0.25, 0.3) is 22.1 Å². The van der Waals surface area contributed by atoms with E-state index in [0.29, 0.717) is 26.1 Å². The molecule has 0 aliphatic rings. The third-order valence-corrected chi connectivity index (χ3v) is 6.42. The van der Waals surface area contributed by atoms with Crippen LogP contribution >= 0.6 is 34.5 Å². The van der Waals surface area contributed by atoms with Crippen LogP contribution in [0, 0.1) is 0 Å². The Bertz CT molecular complexity index is 1490. The number of hydrogen-bond acceptors (Lipinski definition) is 4. The second kappa shape index (κ2) is 7.76. The minimum Gasteiger partial charge on any atom is -0.489 e. The predicted molar refractivity (Wildman–Crippen MR) is 123 cm³/mol. The average Bonchev–Trinajstić information content (AvgIpc) is 3.26. The smallest absolute Gasteiger partial charge is 0.274 e. The van der Waals surface area contributed by atoms with Crippen molar-refractivity contribution in [3.8, 4) is 5.75 Å². The standard InChI is InChI=1S/C23H14Cl2N2O2S/c24-17-10-7-15(11-18(17)25)13-29-16-8-5-14(6-9-16)12-21-22(28)27-20-4-2-1-3-19(20)26-23(27)30-21/h1-12H,13H2. The van der Waals surface area contributed by atoms with E-state index in [1.165, 1.54) is 11.3 Å². The maximum absolute atomic E-state index is 12.8. The molecule has 4 nitrogen and oxygen atoms in total. The Hall–Kier alpha value is -2.86. The normalized spacial score (nSPS) is 12.1. The first-order valence-corrected chi connectivity index (χ1v) is 10.7. The molecule has 0 atom stereocenters. The third kappa shape index (κ3) is 3.56. The van der Waals surface area contributed by atoms with Crippen LogP contribution in [0.15, 0.2) is 71.5 Å². The van der Waals surface area contributed by atoms with Crippen LogP contribution in [0.1, 0.15) is 11.1 Å². The molecule has 0 saturated carbocycles. The third-order valence-electron chi connectivity index (χ3n) is 4.71. The lowest BCUT2D eigenvalue weighted by atomic mass is 10.2. The second-order valence-corrected chi connectivity index (χ2v) is 8.56. The highest BCUT2D eigenvalue weighted by Crippen LogP contribution is 2.23. The van der Waals surface area contributed by atoms with Crippen LogP contribution in [0.4, 0.5) is 0 Å². The molecular formula is C23H14Cl2N2O2S. The van der Waals surface area contributed by atoms with Crippen molar-refractivity contribution in [3.63, 3.8) is 0 Å². The highest BCUT2D eigenvalue weighted by molar-refractivity contribution is 7.15. The van der Waals surface area contributed by atoms with Gasteiger partial charge in [0.2, 0.25) is 0 Å². The fourth-order valence-electron chi connectivity index (χ4n) is 3.22. The summed E-state index contributed by atoms with van der Waals surface area (Å²) in [7, 11) is 0. The monoisotopic (exact) mass is 452 g/mol. The molecule has 0 unspecified atom stereocenters. The van der Waals surface area contributed by atoms with Crippen molar-refractivity contribution in [1.29, 1.82) is 0 Å². The first-order valence-electron chi connectivity index (χ1n) is 9.17. The number of ether oxygens (including phenoxy) is 1. The zero-order valence-corrected chi connectivity index (χ0v) is 17.8. The predicted octanol–water partition coefficient (Wildman–Crippen LogP) is 5.34. The maximum atomic E-state index is 12.8. The van der Waals surface area contributed by atoms with Crippen LogP contribution in [-0.4, -0.2) is 9.38 Å². The Kier molecular flexibility index (Phi) is 4.95. The minimum atomic E-state index is -0.0522. The van der Waals surface area contributed by atoms with E-state index in [2.05, 4.69) is 4.98 Å². The van der Waals surface area contributed by atoms with Gasteiger partial charge in [0.05, 0.1) is 25.6 Å². The van der Waals surface area contributed by atoms with Gasteiger partial charge < -0.3 is 4.74 Å². The molecule has 30 heavy (non-hydrogen) atoms. The number of benzene rings is 3. The summed E-state index contributed by atoms with van der Waals surface area (Å²) in [6, 6.07) is 20.7. The molecule has 0 bridgehead atoms. The lowest BCUT2D eigenvalue weighted by Crippen LogP contribution is -2.22. The van der Waals surface area contributed by atoms with E-state index in [0.717, 1.165) is 27.9 Å². The van der Waals surface area contributed by atoms with E-state index in [9.17, 15) is 4.79 Å². The van der Waals surface area contributed by atoms with Crippen LogP contribution in [0.3, 0.4) is 0 Å². The molecule has 0 N–H and O–H groups in total. The van der Waals surface area contributed by atoms with Gasteiger partial charge in [-0.1, -0.05) is 64.9 Å². The van der Waals surface area contributed by atoms with Gasteiger partial charge in [-0.05, 0) is 53.6 Å². The summed E-state index contributed by atoms with van der Waals surface area (Å²) in [6.07, 6.45) is 1.87. The van der Waals surface area contributed by atoms with Gasteiger partial charge in [-0.3, -0.25) is 4.79 Å². The van der Waals surface area contributed by atoms with Gasteiger partial charge in [0, 0.05) is 0 Å². The Labute approximate surface area is 185 Å². The largest absolute Gasteiger partial charge is 0.489 e. The van der Waals surface area contributed by atoms with Crippen LogP contribution in [0.2, 0.25) is 10.0 Å². The molecule has 2 aromatic heterocycles. The quantitative estimate of drug-likeness (QED) is 0.369. The molecule has 0 spiro atoms. The van der Waals surface area contributed by atoms with Crippen molar-refractivity contribution in [2.45, 2.75) is 6.61 Å². The van der Waals surface area contributed by atoms with Crippen LogP contribution in [-0.2, 0) is 6.61 Å². The first kappa shape index (κ1) is 19.1. The van der Waals surface area contributed by atoms with E-state index in [-0.39, 0.29) is 5.56 Å². The van der Waals surface area contributed by atoms with Gasteiger partial charge in [0.1, 0.15) is 12.4 Å². The summed E-state index contributed by atoms with van der Waals surface area (Å²) in [4.78, 5) is 18.1. The number of imidazole rings is 1. The van der Waals surface area contributed by atoms with Crippen LogP contribution < -0.4 is 14.8 Å². The molecule has 0 fully saturated rings. The summed E-state index contributed by atoms with van der Waals surface area (Å²) in [5.74, 6) is 0.729. The van der Waals surface area contributed by atoms with Crippen molar-refractivity contribution >= 4 is 56.6 Å². The Morgan fingerprint density at radius 3 is 2.60 bits per heavy atom. The Balaban J connectivity index is 1.39. The number of thiazole rings is 1. The number of hydrogen-bond donors (Lipinski definition) is 0. The molecule has 0 aliphatic heterocycles. The summed E-state index contributed by atoms with van der Waals surface area (Å²) >= 11 is 13.4. The van der Waals surface area contributed by atoms with Crippen molar-refractivity contribution < 1.29 is 4.74 Å². The average molecular weight is 453 g/mol. The molecule has 0 amide bonds. The number of para-hydroxylation sites is 2. The highest BCUT2D eigenvalue weighted by Gasteiger charge is 2.10. The molecular weight excluding hydrogens is 439 g/mol. The van der Waals surface area contributed by atoms with E-state index in [1.807, 2.05) is 60.7 Å². The van der Waals surface area contributed by atoms with Crippen molar-refractivity contribution in [2.75, 3.05) is 0 Å². The maximum Gasteiger partial charge on any atom is 0.274 e. The SMILES string of the molecule is O=c1c(=Cc2ccc(OCc3ccc(Cl)c(Cl)c3)cc2)sc2nc3ccccc3n12. The summed E-state index contributed by atoms with van der Waals surface area (Å²) in [5, 5.41) is 1.03. The lowest BCUT2D eigenvalue weighted by molar-refractivity contribution is 0.306. The van der Waals surface area contributed by atoms with E-state index >= 15 is 0 Å². The summed E-state index contributed by atoms with van der Waals surface area (Å²) in [6.45, 7) is 0.389. The number of aromatic nitrogens is 2. The van der Waals surface area contributed by atoms with Gasteiger partial charge in [-0.15, -0.1) is 0 Å². The van der Waals surface area contributed by atoms with E-state index in [1.54, 1.807) is 16.5 Å². The van der Waals surface area contributed by atoms with Crippen LogP contribution in [0.5, 0.6) is 5.75 Å². The van der Waals surface area contributed by atoms with Crippen molar-refractivity contribution in [2.24, 2.45) is 0 Å². The molecule has 0 aliphatic carbocycles. The second-order valence-electron chi connectivity index (χ2n) is 6.74. The number of halogens is 2. The zero-order chi connectivity index (χ0) is 20.7. The molecule has 148 valence electrons.